The summed E-state index contributed by atoms with van der Waals surface area (Å²) in [6.45, 7) is 10.3. The third kappa shape index (κ3) is 16.5. The van der Waals surface area contributed by atoms with Crippen LogP contribution in [0.5, 0.6) is 0 Å². The van der Waals surface area contributed by atoms with E-state index in [0.29, 0.717) is 56.4 Å². The molecule has 0 aliphatic carbocycles. The molecule has 16 nitrogen and oxygen atoms in total. The molecule has 1 aliphatic rings. The van der Waals surface area contributed by atoms with Crippen LogP contribution in [0, 0.1) is 17.8 Å². The highest BCUT2D eigenvalue weighted by Gasteiger charge is 2.43. The zero-order valence-corrected chi connectivity index (χ0v) is 40.9. The maximum atomic E-state index is 14.4. The van der Waals surface area contributed by atoms with E-state index in [0.717, 1.165) is 18.4 Å². The van der Waals surface area contributed by atoms with Gasteiger partial charge >= 0.3 is 5.97 Å². The summed E-state index contributed by atoms with van der Waals surface area (Å²) in [7, 11) is 4.66. The first-order valence-corrected chi connectivity index (χ1v) is 23.8. The van der Waals surface area contributed by atoms with Gasteiger partial charge in [0, 0.05) is 58.4 Å². The van der Waals surface area contributed by atoms with E-state index in [1.807, 2.05) is 33.8 Å². The van der Waals surface area contributed by atoms with E-state index in [-0.39, 0.29) is 53.6 Å². The van der Waals surface area contributed by atoms with E-state index < -0.39 is 60.1 Å². The topological polar surface area (TPSA) is 213 Å². The van der Waals surface area contributed by atoms with Crippen molar-refractivity contribution in [2.75, 3.05) is 45.0 Å². The quantitative estimate of drug-likeness (QED) is 0.0585. The monoisotopic (exact) mass is 970 g/mol. The maximum absolute atomic E-state index is 14.4. The Hall–Kier alpha value is -4.87. The largest absolute Gasteiger partial charge is 0.480 e. The van der Waals surface area contributed by atoms with Crippen LogP contribution in [-0.4, -0.2) is 132 Å². The third-order valence-electron chi connectivity index (χ3n) is 12.3. The maximum Gasteiger partial charge on any atom is 0.326 e. The molecular formula is C48H71BrN6O10. The number of anilines is 1. The molecule has 0 spiro atoms. The van der Waals surface area contributed by atoms with Gasteiger partial charge in [0.05, 0.1) is 42.0 Å². The van der Waals surface area contributed by atoms with Gasteiger partial charge in [-0.1, -0.05) is 93.7 Å². The molecule has 6 amide bonds. The van der Waals surface area contributed by atoms with E-state index in [1.54, 1.807) is 72.3 Å². The molecule has 8 atom stereocenters. The van der Waals surface area contributed by atoms with Crippen molar-refractivity contribution in [1.82, 2.24) is 25.8 Å². The number of alkyl halides is 1. The number of carboxylic acid groups (broad SMARTS) is 1. The Morgan fingerprint density at radius 1 is 0.892 bits per heavy atom. The first-order chi connectivity index (χ1) is 31.0. The summed E-state index contributed by atoms with van der Waals surface area (Å²) >= 11 is 3.11. The SMILES string of the molecule is CC[C@H](C)[C@@H]([C@@H](CC(=O)N1CCC[C@H]1[C@H](OC)[C@@H](C)C(=O)N[C@@H](Cc1ccccc1)C(=O)O)OC)N(C)C(=O)[C@@H](NC(=O)c1ccc(NC(=O)CCCCCNC(=O)CBr)cc1)C(C)C. The second kappa shape index (κ2) is 27.6. The third-order valence-corrected chi connectivity index (χ3v) is 12.8. The fourth-order valence-corrected chi connectivity index (χ4v) is 8.61. The first kappa shape index (κ1) is 54.5. The Morgan fingerprint density at radius 2 is 1.57 bits per heavy atom. The number of nitrogens with one attached hydrogen (secondary N) is 4. The van der Waals surface area contributed by atoms with Crippen LogP contribution in [0.25, 0.3) is 0 Å². The Kier molecular flexibility index (Phi) is 23.1. The van der Waals surface area contributed by atoms with Crippen molar-refractivity contribution in [1.29, 1.82) is 0 Å². The molecule has 65 heavy (non-hydrogen) atoms. The summed E-state index contributed by atoms with van der Waals surface area (Å²) in [5.41, 5.74) is 1.61. The summed E-state index contributed by atoms with van der Waals surface area (Å²) in [5.74, 6) is -4.10. The molecule has 2 aromatic carbocycles. The number of ether oxygens (including phenoxy) is 2. The number of carboxylic acids is 1. The summed E-state index contributed by atoms with van der Waals surface area (Å²) in [6.07, 6.45) is 3.07. The molecule has 3 rings (SSSR count). The van der Waals surface area contributed by atoms with Gasteiger partial charge in [-0.3, -0.25) is 28.8 Å². The zero-order chi connectivity index (χ0) is 48.2. The second-order valence-corrected chi connectivity index (χ2v) is 17.9. The molecule has 1 saturated heterocycles. The van der Waals surface area contributed by atoms with E-state index in [2.05, 4.69) is 37.2 Å². The Labute approximate surface area is 392 Å². The minimum absolute atomic E-state index is 0.0618. The van der Waals surface area contributed by atoms with Gasteiger partial charge in [0.25, 0.3) is 5.91 Å². The number of aliphatic carboxylic acids is 1. The number of likely N-dealkylation sites (tertiary alicyclic amines) is 1. The number of nitrogens with zero attached hydrogens (tertiary/aromatic N) is 2. The van der Waals surface area contributed by atoms with Gasteiger partial charge in [-0.05, 0) is 67.3 Å². The lowest BCUT2D eigenvalue weighted by Crippen LogP contribution is -2.57. The van der Waals surface area contributed by atoms with Crippen LogP contribution in [-0.2, 0) is 44.7 Å². The molecule has 0 aromatic heterocycles. The number of benzene rings is 2. The van der Waals surface area contributed by atoms with Gasteiger partial charge in [0.1, 0.15) is 12.1 Å². The van der Waals surface area contributed by atoms with Gasteiger partial charge in [-0.2, -0.15) is 0 Å². The predicted molar refractivity (Wildman–Crippen MR) is 252 cm³/mol. The highest BCUT2D eigenvalue weighted by atomic mass is 79.9. The van der Waals surface area contributed by atoms with Crippen molar-refractivity contribution in [2.45, 2.75) is 129 Å². The molecule has 0 saturated carbocycles. The molecule has 0 unspecified atom stereocenters. The number of hydrogen-bond acceptors (Lipinski definition) is 9. The van der Waals surface area contributed by atoms with Crippen LogP contribution >= 0.6 is 15.9 Å². The number of unbranched alkanes of at least 4 members (excludes halogenated alkanes) is 2. The molecule has 360 valence electrons. The smallest absolute Gasteiger partial charge is 0.326 e. The number of hydrogen-bond donors (Lipinski definition) is 5. The van der Waals surface area contributed by atoms with Gasteiger partial charge in [0.2, 0.25) is 29.5 Å². The molecule has 1 aliphatic heterocycles. The van der Waals surface area contributed by atoms with Crippen LogP contribution in [0.1, 0.15) is 102 Å². The fourth-order valence-electron chi connectivity index (χ4n) is 8.41. The van der Waals surface area contributed by atoms with Crippen molar-refractivity contribution in [3.8, 4) is 0 Å². The Morgan fingerprint density at radius 3 is 2.15 bits per heavy atom. The molecule has 1 heterocycles. The number of rotatable bonds is 27. The lowest BCUT2D eigenvalue weighted by molar-refractivity contribution is -0.147. The molecular weight excluding hydrogens is 900 g/mol. The van der Waals surface area contributed by atoms with Gasteiger partial charge in [-0.15, -0.1) is 0 Å². The molecule has 2 aromatic rings. The summed E-state index contributed by atoms with van der Waals surface area (Å²) in [4.78, 5) is 95.1. The van der Waals surface area contributed by atoms with Crippen molar-refractivity contribution >= 4 is 63.0 Å². The van der Waals surface area contributed by atoms with Gasteiger partial charge in [-0.25, -0.2) is 4.79 Å². The Balaban J connectivity index is 1.67. The average molecular weight is 972 g/mol. The zero-order valence-electron chi connectivity index (χ0n) is 39.3. The van der Waals surface area contributed by atoms with E-state index in [9.17, 15) is 38.7 Å². The lowest BCUT2D eigenvalue weighted by Gasteiger charge is -2.40. The number of carbonyl (C=O) groups excluding carboxylic acids is 6. The Bertz CT molecular complexity index is 1870. The molecule has 0 radical (unpaired) electrons. The fraction of sp³-hybridized carbons (Fsp3) is 0.604. The van der Waals surface area contributed by atoms with E-state index >= 15 is 0 Å². The van der Waals surface area contributed by atoms with Crippen molar-refractivity contribution in [3.63, 3.8) is 0 Å². The van der Waals surface area contributed by atoms with Gasteiger partial charge in [0.15, 0.2) is 0 Å². The number of likely N-dealkylation sites (N-methyl/N-ethyl adjacent to an activating group) is 1. The highest BCUT2D eigenvalue weighted by Crippen LogP contribution is 2.30. The van der Waals surface area contributed by atoms with Crippen molar-refractivity contribution in [2.24, 2.45) is 17.8 Å². The normalized spacial score (nSPS) is 16.9. The number of halogens is 1. The van der Waals surface area contributed by atoms with Crippen molar-refractivity contribution < 1.29 is 48.1 Å². The second-order valence-electron chi connectivity index (χ2n) is 17.3. The summed E-state index contributed by atoms with van der Waals surface area (Å²) < 4.78 is 11.9. The van der Waals surface area contributed by atoms with Crippen LogP contribution in [0.2, 0.25) is 0 Å². The molecule has 0 bridgehead atoms. The standard InChI is InChI=1S/C48H71BrN6O10/c1-9-31(4)43(54(6)47(61)42(30(2)3)53-46(60)34-21-23-35(24-22-34)51-39(56)20-14-11-15-25-50-40(57)29-49)38(64-7)28-41(58)55-26-16-19-37(55)44(65-8)32(5)45(59)52-36(48(62)63)27-33-17-12-10-13-18-33/h10,12-13,17-18,21-24,30-32,36-38,42-44H,9,11,14-16,19-20,25-29H2,1-8H3,(H,50,57)(H,51,56)(H,52,59)(H,53,60)(H,62,63)/t31-,32+,36-,37-,38+,42-,43-,44+/m0/s1. The molecule has 1 fully saturated rings. The van der Waals surface area contributed by atoms with Crippen molar-refractivity contribution in [3.05, 3.63) is 65.7 Å². The molecule has 17 heteroatoms. The average Bonchev–Trinajstić information content (AvgIpc) is 3.78. The number of carbonyl (C=O) groups is 7. The van der Waals surface area contributed by atoms with E-state index in [1.165, 1.54) is 14.2 Å². The molecule has 5 N–H and O–H groups in total. The minimum Gasteiger partial charge on any atom is -0.480 e. The predicted octanol–water partition coefficient (Wildman–Crippen LogP) is 5.18. The summed E-state index contributed by atoms with van der Waals surface area (Å²) in [6, 6.07) is 12.4. The van der Waals surface area contributed by atoms with Crippen LogP contribution in [0.4, 0.5) is 5.69 Å². The minimum atomic E-state index is -1.16. The van der Waals surface area contributed by atoms with Gasteiger partial charge < -0.3 is 45.6 Å². The number of amides is 6. The first-order valence-electron chi connectivity index (χ1n) is 22.7. The van der Waals surface area contributed by atoms with Crippen LogP contribution < -0.4 is 21.3 Å². The highest BCUT2D eigenvalue weighted by molar-refractivity contribution is 9.09. The summed E-state index contributed by atoms with van der Waals surface area (Å²) in [5, 5.41) is 21.4. The van der Waals surface area contributed by atoms with E-state index in [4.69, 9.17) is 9.47 Å². The van der Waals surface area contributed by atoms with Crippen LogP contribution in [0.15, 0.2) is 54.6 Å². The van der Waals surface area contributed by atoms with Crippen LogP contribution in [0.3, 0.4) is 0 Å². The number of methoxy groups -OCH3 is 2. The lowest BCUT2D eigenvalue weighted by atomic mass is 9.89.